The summed E-state index contributed by atoms with van der Waals surface area (Å²) in [6.45, 7) is 0.765. The number of nitrogens with zero attached hydrogens (tertiary/aromatic N) is 2. The second-order valence-electron chi connectivity index (χ2n) is 1.82. The Bertz CT molecular complexity index is 180. The summed E-state index contributed by atoms with van der Waals surface area (Å²) in [5, 5.41) is 8.26. The van der Waals surface area contributed by atoms with Crippen molar-refractivity contribution >= 4 is 6.29 Å². The average molecular weight is 122 g/mol. The summed E-state index contributed by atoms with van der Waals surface area (Å²) in [5.74, 6) is 0. The van der Waals surface area contributed by atoms with Crippen LogP contribution in [0.1, 0.15) is 0 Å². The minimum atomic E-state index is 0.0150. The van der Waals surface area contributed by atoms with Gasteiger partial charge in [0.15, 0.2) is 0 Å². The van der Waals surface area contributed by atoms with E-state index in [-0.39, 0.29) is 6.04 Å². The minimum Gasteiger partial charge on any atom is -0.357 e. The maximum atomic E-state index is 9.74. The monoisotopic (exact) mass is 122 g/mol. The molecule has 9 heavy (non-hydrogen) atoms. The van der Waals surface area contributed by atoms with Crippen molar-refractivity contribution in [2.24, 2.45) is 0 Å². The van der Waals surface area contributed by atoms with Crippen molar-refractivity contribution in [3.05, 3.63) is 12.3 Å². The lowest BCUT2D eigenvalue weighted by Gasteiger charge is -1.84. The Morgan fingerprint density at radius 3 is 3.00 bits per heavy atom. The first kappa shape index (κ1) is 5.83. The van der Waals surface area contributed by atoms with Gasteiger partial charge in [-0.25, -0.2) is 0 Å². The standard InChI is InChI=1S/C6H6N2O/c7-4-6-5-8(6)2-1-3-9/h1-3,6H,5H2/b2-1+. The van der Waals surface area contributed by atoms with Gasteiger partial charge in [0, 0.05) is 6.20 Å². The molecule has 1 heterocycles. The SMILES string of the molecule is N#CC1CN1/C=C/C=O. The second-order valence-corrected chi connectivity index (χ2v) is 1.82. The molecule has 3 nitrogen and oxygen atoms in total. The molecule has 0 saturated carbocycles. The molecule has 0 radical (unpaired) electrons. The Labute approximate surface area is 53.2 Å². The third kappa shape index (κ3) is 1.29. The normalized spacial score (nSPS) is 23.9. The van der Waals surface area contributed by atoms with Gasteiger partial charge in [0.1, 0.15) is 12.3 Å². The van der Waals surface area contributed by atoms with Gasteiger partial charge in [-0.1, -0.05) is 0 Å². The van der Waals surface area contributed by atoms with Crippen LogP contribution in [0.15, 0.2) is 12.3 Å². The number of allylic oxidation sites excluding steroid dienone is 1. The number of hydrogen-bond donors (Lipinski definition) is 0. The predicted octanol–water partition coefficient (Wildman–Crippen LogP) is -0.0932. The van der Waals surface area contributed by atoms with Gasteiger partial charge in [0.05, 0.1) is 12.6 Å². The lowest BCUT2D eigenvalue weighted by atomic mass is 10.5. The van der Waals surface area contributed by atoms with Crippen LogP contribution in [0.25, 0.3) is 0 Å². The molecule has 0 spiro atoms. The van der Waals surface area contributed by atoms with Crippen LogP contribution in [0.4, 0.5) is 0 Å². The molecular weight excluding hydrogens is 116 g/mol. The molecule has 0 aromatic carbocycles. The van der Waals surface area contributed by atoms with Crippen LogP contribution in [0.3, 0.4) is 0 Å². The van der Waals surface area contributed by atoms with E-state index < -0.39 is 0 Å². The molecular formula is C6H6N2O. The molecule has 1 aliphatic heterocycles. The topological polar surface area (TPSA) is 43.9 Å². The highest BCUT2D eigenvalue weighted by Gasteiger charge is 2.29. The number of rotatable bonds is 2. The van der Waals surface area contributed by atoms with Crippen LogP contribution in [-0.4, -0.2) is 23.8 Å². The number of carbonyl (C=O) groups excluding carboxylic acids is 1. The van der Waals surface area contributed by atoms with Gasteiger partial charge < -0.3 is 4.90 Å². The van der Waals surface area contributed by atoms with Gasteiger partial charge in [-0.3, -0.25) is 4.79 Å². The van der Waals surface area contributed by atoms with Gasteiger partial charge in [-0.15, -0.1) is 0 Å². The van der Waals surface area contributed by atoms with E-state index in [0.717, 1.165) is 6.54 Å². The van der Waals surface area contributed by atoms with Crippen molar-refractivity contribution in [2.45, 2.75) is 6.04 Å². The lowest BCUT2D eigenvalue weighted by Crippen LogP contribution is -1.87. The van der Waals surface area contributed by atoms with E-state index >= 15 is 0 Å². The lowest BCUT2D eigenvalue weighted by molar-refractivity contribution is -0.104. The Balaban J connectivity index is 2.28. The molecule has 3 heteroatoms. The number of carbonyl (C=O) groups is 1. The number of aldehydes is 1. The number of hydrogen-bond acceptors (Lipinski definition) is 3. The van der Waals surface area contributed by atoms with E-state index in [1.807, 2.05) is 0 Å². The fraction of sp³-hybridized carbons (Fsp3) is 0.333. The Morgan fingerprint density at radius 1 is 1.78 bits per heavy atom. The molecule has 1 atom stereocenters. The van der Waals surface area contributed by atoms with Gasteiger partial charge in [-0.2, -0.15) is 5.26 Å². The van der Waals surface area contributed by atoms with Crippen LogP contribution < -0.4 is 0 Å². The van der Waals surface area contributed by atoms with E-state index in [9.17, 15) is 4.79 Å². The number of nitriles is 1. The zero-order valence-corrected chi connectivity index (χ0v) is 4.82. The third-order valence-electron chi connectivity index (χ3n) is 1.16. The maximum Gasteiger partial charge on any atom is 0.144 e. The van der Waals surface area contributed by atoms with E-state index in [2.05, 4.69) is 6.07 Å². The molecule has 1 aliphatic rings. The highest BCUT2D eigenvalue weighted by atomic mass is 16.1. The van der Waals surface area contributed by atoms with Crippen LogP contribution in [0, 0.1) is 11.3 Å². The molecule has 1 unspecified atom stereocenters. The summed E-state index contributed by atoms with van der Waals surface area (Å²) in [4.78, 5) is 11.5. The van der Waals surface area contributed by atoms with Crippen LogP contribution in [0.2, 0.25) is 0 Å². The molecule has 0 aromatic heterocycles. The van der Waals surface area contributed by atoms with Crippen molar-refractivity contribution in [3.63, 3.8) is 0 Å². The van der Waals surface area contributed by atoms with Gasteiger partial charge >= 0.3 is 0 Å². The second kappa shape index (κ2) is 2.31. The quantitative estimate of drug-likeness (QED) is 0.292. The molecule has 0 N–H and O–H groups in total. The van der Waals surface area contributed by atoms with Crippen LogP contribution in [0.5, 0.6) is 0 Å². The Kier molecular flexibility index (Phi) is 1.50. The first-order chi connectivity index (χ1) is 4.38. The highest BCUT2D eigenvalue weighted by Crippen LogP contribution is 2.15. The van der Waals surface area contributed by atoms with Crippen LogP contribution >= 0.6 is 0 Å². The van der Waals surface area contributed by atoms with Gasteiger partial charge in [0.2, 0.25) is 0 Å². The van der Waals surface area contributed by atoms with E-state index in [0.29, 0.717) is 6.29 Å². The van der Waals surface area contributed by atoms with Crippen molar-refractivity contribution in [2.75, 3.05) is 6.54 Å². The van der Waals surface area contributed by atoms with Crippen molar-refractivity contribution < 1.29 is 4.79 Å². The molecule has 1 rings (SSSR count). The van der Waals surface area contributed by atoms with Gasteiger partial charge in [-0.05, 0) is 6.08 Å². The summed E-state index contributed by atoms with van der Waals surface area (Å²) in [6.07, 6.45) is 3.71. The summed E-state index contributed by atoms with van der Waals surface area (Å²) in [7, 11) is 0. The first-order valence-electron chi connectivity index (χ1n) is 2.66. The Hall–Kier alpha value is -1.30. The zero-order chi connectivity index (χ0) is 6.69. The fourth-order valence-electron chi connectivity index (χ4n) is 0.578. The molecule has 0 amide bonds. The van der Waals surface area contributed by atoms with Crippen LogP contribution in [-0.2, 0) is 4.79 Å². The molecule has 1 fully saturated rings. The Morgan fingerprint density at radius 2 is 2.56 bits per heavy atom. The summed E-state index contributed by atoms with van der Waals surface area (Å²) < 4.78 is 0. The van der Waals surface area contributed by atoms with Crippen molar-refractivity contribution in [1.29, 1.82) is 5.26 Å². The molecule has 46 valence electrons. The molecule has 0 bridgehead atoms. The predicted molar refractivity (Wildman–Crippen MR) is 31.3 cm³/mol. The molecule has 0 aliphatic carbocycles. The van der Waals surface area contributed by atoms with E-state index in [4.69, 9.17) is 5.26 Å². The van der Waals surface area contributed by atoms with E-state index in [1.54, 1.807) is 11.1 Å². The van der Waals surface area contributed by atoms with E-state index in [1.165, 1.54) is 6.08 Å². The average Bonchev–Trinajstić information content (AvgIpc) is 2.62. The minimum absolute atomic E-state index is 0.0150. The molecule has 1 saturated heterocycles. The van der Waals surface area contributed by atoms with Gasteiger partial charge in [0.25, 0.3) is 0 Å². The fourth-order valence-corrected chi connectivity index (χ4v) is 0.578. The maximum absolute atomic E-state index is 9.74. The first-order valence-corrected chi connectivity index (χ1v) is 2.66. The summed E-state index contributed by atoms with van der Waals surface area (Å²) >= 11 is 0. The summed E-state index contributed by atoms with van der Waals surface area (Å²) in [6, 6.07) is 2.07. The summed E-state index contributed by atoms with van der Waals surface area (Å²) in [5.41, 5.74) is 0. The highest BCUT2D eigenvalue weighted by molar-refractivity contribution is 5.64. The smallest absolute Gasteiger partial charge is 0.144 e. The molecule has 0 aromatic rings. The zero-order valence-electron chi connectivity index (χ0n) is 4.82. The largest absolute Gasteiger partial charge is 0.357 e. The third-order valence-corrected chi connectivity index (χ3v) is 1.16. The van der Waals surface area contributed by atoms with Crippen molar-refractivity contribution in [3.8, 4) is 6.07 Å². The van der Waals surface area contributed by atoms with Crippen molar-refractivity contribution in [1.82, 2.24) is 4.90 Å².